The van der Waals surface area contributed by atoms with Crippen molar-refractivity contribution >= 4 is 5.69 Å². The van der Waals surface area contributed by atoms with Gasteiger partial charge in [0.2, 0.25) is 0 Å². The predicted octanol–water partition coefficient (Wildman–Crippen LogP) is 3.30. The van der Waals surface area contributed by atoms with E-state index in [4.69, 9.17) is 0 Å². The van der Waals surface area contributed by atoms with E-state index in [1.807, 2.05) is 0 Å². The van der Waals surface area contributed by atoms with E-state index in [-0.39, 0.29) is 0 Å². The van der Waals surface area contributed by atoms with Gasteiger partial charge in [-0.15, -0.1) is 0 Å². The second-order valence-corrected chi connectivity index (χ2v) is 5.76. The van der Waals surface area contributed by atoms with Crippen molar-refractivity contribution in [3.63, 3.8) is 0 Å². The molecule has 1 aromatic carbocycles. The number of hydrogen-bond acceptors (Lipinski definition) is 1. The first-order chi connectivity index (χ1) is 7.28. The maximum absolute atomic E-state index is 3.68. The average molecular weight is 199 g/mol. The predicted molar refractivity (Wildman–Crippen MR) is 62.2 cm³/mol. The van der Waals surface area contributed by atoms with Crippen LogP contribution in [0.1, 0.15) is 36.3 Å². The van der Waals surface area contributed by atoms with Gasteiger partial charge < -0.3 is 5.32 Å². The maximum atomic E-state index is 3.68. The molecule has 2 fully saturated rings. The lowest BCUT2D eigenvalue weighted by Gasteiger charge is -2.14. The van der Waals surface area contributed by atoms with Crippen LogP contribution >= 0.6 is 0 Å². The molecular weight excluding hydrogens is 182 g/mol. The molecule has 1 aromatic rings. The highest BCUT2D eigenvalue weighted by Gasteiger charge is 2.60. The van der Waals surface area contributed by atoms with E-state index in [1.54, 1.807) is 5.56 Å². The molecule has 1 unspecified atom stereocenters. The summed E-state index contributed by atoms with van der Waals surface area (Å²) in [6.07, 6.45) is 4.39. The molecule has 0 bridgehead atoms. The molecule has 15 heavy (non-hydrogen) atoms. The lowest BCUT2D eigenvalue weighted by molar-refractivity contribution is 0.462. The van der Waals surface area contributed by atoms with E-state index >= 15 is 0 Å². The molecular formula is C14H17N. The molecule has 1 aliphatic heterocycles. The van der Waals surface area contributed by atoms with Crippen molar-refractivity contribution in [3.05, 3.63) is 29.3 Å². The minimum atomic E-state index is 0.706. The van der Waals surface area contributed by atoms with E-state index in [1.165, 1.54) is 37.1 Å². The Balaban J connectivity index is 1.80. The third kappa shape index (κ3) is 1.04. The van der Waals surface area contributed by atoms with Gasteiger partial charge in [0.1, 0.15) is 0 Å². The molecule has 1 nitrogen and oxygen atoms in total. The second-order valence-electron chi connectivity index (χ2n) is 5.76. The average Bonchev–Trinajstić information content (AvgIpc) is 3.08. The summed E-state index contributed by atoms with van der Waals surface area (Å²) < 4.78 is 0. The fourth-order valence-electron chi connectivity index (χ4n) is 3.47. The zero-order chi connectivity index (χ0) is 10.0. The van der Waals surface area contributed by atoms with Gasteiger partial charge in [0.05, 0.1) is 0 Å². The van der Waals surface area contributed by atoms with Crippen LogP contribution in [0.5, 0.6) is 0 Å². The first-order valence-electron chi connectivity index (χ1n) is 6.13. The largest absolute Gasteiger partial charge is 0.384 e. The number of hydrogen-bond donors (Lipinski definition) is 1. The van der Waals surface area contributed by atoms with E-state index in [0.29, 0.717) is 5.41 Å². The highest BCUT2D eigenvalue weighted by molar-refractivity contribution is 5.58. The summed E-state index contributed by atoms with van der Waals surface area (Å²) in [6, 6.07) is 6.94. The molecule has 2 aliphatic carbocycles. The molecule has 1 spiro atoms. The van der Waals surface area contributed by atoms with Crippen LogP contribution in [-0.4, -0.2) is 6.54 Å². The van der Waals surface area contributed by atoms with Crippen LogP contribution < -0.4 is 5.32 Å². The lowest BCUT2D eigenvalue weighted by Crippen LogP contribution is -2.16. The molecule has 3 aliphatic rings. The van der Waals surface area contributed by atoms with Gasteiger partial charge in [-0.05, 0) is 60.6 Å². The van der Waals surface area contributed by atoms with Crippen molar-refractivity contribution in [2.45, 2.75) is 32.1 Å². The zero-order valence-corrected chi connectivity index (χ0v) is 9.22. The van der Waals surface area contributed by atoms with Gasteiger partial charge in [-0.1, -0.05) is 12.1 Å². The van der Waals surface area contributed by atoms with Gasteiger partial charge in [0, 0.05) is 12.2 Å². The molecule has 0 saturated heterocycles. The summed E-state index contributed by atoms with van der Waals surface area (Å²) in [6.45, 7) is 3.41. The van der Waals surface area contributed by atoms with Gasteiger partial charge in [0.25, 0.3) is 0 Å². The molecule has 1 heteroatoms. The summed E-state index contributed by atoms with van der Waals surface area (Å²) >= 11 is 0. The molecule has 1 N–H and O–H groups in total. The topological polar surface area (TPSA) is 12.0 Å². The summed E-state index contributed by atoms with van der Waals surface area (Å²) in [4.78, 5) is 0. The first kappa shape index (κ1) is 8.20. The van der Waals surface area contributed by atoms with Crippen molar-refractivity contribution in [3.8, 4) is 0 Å². The van der Waals surface area contributed by atoms with Gasteiger partial charge in [-0.3, -0.25) is 0 Å². The summed E-state index contributed by atoms with van der Waals surface area (Å²) in [5.41, 5.74) is 5.10. The quantitative estimate of drug-likeness (QED) is 0.676. The number of nitrogens with one attached hydrogen (secondary N) is 1. The Labute approximate surface area is 90.9 Å². The minimum Gasteiger partial charge on any atom is -0.384 e. The third-order valence-electron chi connectivity index (χ3n) is 4.71. The van der Waals surface area contributed by atoms with Crippen LogP contribution in [0, 0.1) is 18.3 Å². The van der Waals surface area contributed by atoms with Gasteiger partial charge in [-0.2, -0.15) is 0 Å². The van der Waals surface area contributed by atoms with Gasteiger partial charge >= 0.3 is 0 Å². The fraction of sp³-hybridized carbons (Fsp3) is 0.571. The molecule has 0 radical (unpaired) electrons. The second kappa shape index (κ2) is 2.40. The fourth-order valence-corrected chi connectivity index (χ4v) is 3.47. The molecule has 4 rings (SSSR count). The minimum absolute atomic E-state index is 0.706. The number of aryl methyl sites for hydroxylation is 1. The maximum Gasteiger partial charge on any atom is 0.0378 e. The number of rotatable bonds is 0. The highest BCUT2D eigenvalue weighted by Crippen LogP contribution is 2.69. The van der Waals surface area contributed by atoms with E-state index in [9.17, 15) is 0 Å². The molecule has 78 valence electrons. The smallest absolute Gasteiger partial charge is 0.0378 e. The number of anilines is 1. The zero-order valence-electron chi connectivity index (χ0n) is 9.22. The molecule has 1 heterocycles. The van der Waals surface area contributed by atoms with Crippen molar-refractivity contribution < 1.29 is 0 Å². The van der Waals surface area contributed by atoms with E-state index in [2.05, 4.69) is 30.4 Å². The van der Waals surface area contributed by atoms with Crippen LogP contribution in [0.15, 0.2) is 18.2 Å². The van der Waals surface area contributed by atoms with Crippen molar-refractivity contribution in [2.24, 2.45) is 11.3 Å². The van der Waals surface area contributed by atoms with Crippen molar-refractivity contribution in [2.75, 3.05) is 11.9 Å². The first-order valence-corrected chi connectivity index (χ1v) is 6.13. The third-order valence-corrected chi connectivity index (χ3v) is 4.71. The summed E-state index contributed by atoms with van der Waals surface area (Å²) in [5, 5.41) is 3.68. The van der Waals surface area contributed by atoms with Crippen LogP contribution in [0.4, 0.5) is 5.69 Å². The Bertz CT molecular complexity index is 431. The molecule has 0 aromatic heterocycles. The Morgan fingerprint density at radius 2 is 2.20 bits per heavy atom. The number of fused-ring (bicyclic) bond motifs is 4. The molecule has 0 amide bonds. The van der Waals surface area contributed by atoms with Crippen LogP contribution in [0.25, 0.3) is 0 Å². The Kier molecular flexibility index (Phi) is 1.31. The normalized spacial score (nSPS) is 33.7. The van der Waals surface area contributed by atoms with Crippen LogP contribution in [0.3, 0.4) is 0 Å². The summed E-state index contributed by atoms with van der Waals surface area (Å²) in [5.74, 6) is 1.90. The van der Waals surface area contributed by atoms with Gasteiger partial charge in [-0.25, -0.2) is 0 Å². The monoisotopic (exact) mass is 199 g/mol. The van der Waals surface area contributed by atoms with Crippen LogP contribution in [0.2, 0.25) is 0 Å². The standard InChI is InChI=1S/C14H17N/c1-9-2-3-10-11-7-12(11)14(4-5-14)8-15-13(10)6-9/h2-3,6,11-12,15H,4-5,7-8H2,1H3/t11?,12-/m1/s1. The summed E-state index contributed by atoms with van der Waals surface area (Å²) in [7, 11) is 0. The molecule has 2 atom stereocenters. The Morgan fingerprint density at radius 3 is 3.00 bits per heavy atom. The van der Waals surface area contributed by atoms with Crippen LogP contribution in [-0.2, 0) is 0 Å². The van der Waals surface area contributed by atoms with Gasteiger partial charge in [0.15, 0.2) is 0 Å². The lowest BCUT2D eigenvalue weighted by atomic mass is 9.98. The Hall–Kier alpha value is -0.980. The van der Waals surface area contributed by atoms with E-state index < -0.39 is 0 Å². The van der Waals surface area contributed by atoms with Crippen molar-refractivity contribution in [1.29, 1.82) is 0 Å². The Morgan fingerprint density at radius 1 is 1.33 bits per heavy atom. The highest BCUT2D eigenvalue weighted by atomic mass is 14.9. The number of benzene rings is 1. The SMILES string of the molecule is Cc1ccc2c(c1)NCC1(CC1)[C@@H]1CC21. The molecule has 2 saturated carbocycles. The van der Waals surface area contributed by atoms with Crippen molar-refractivity contribution in [1.82, 2.24) is 0 Å². The van der Waals surface area contributed by atoms with E-state index in [0.717, 1.165) is 11.8 Å².